The van der Waals surface area contributed by atoms with E-state index >= 15 is 0 Å². The lowest BCUT2D eigenvalue weighted by molar-refractivity contribution is 0.467. The van der Waals surface area contributed by atoms with Gasteiger partial charge in [0, 0.05) is 0 Å². The summed E-state index contributed by atoms with van der Waals surface area (Å²) in [5.41, 5.74) is 1.50. The van der Waals surface area contributed by atoms with Gasteiger partial charge in [-0.3, -0.25) is 0 Å². The van der Waals surface area contributed by atoms with Crippen molar-refractivity contribution < 1.29 is 5.11 Å². The number of nitrogens with one attached hydrogen (secondary N) is 1. The highest BCUT2D eigenvalue weighted by Gasteiger charge is 2.09. The summed E-state index contributed by atoms with van der Waals surface area (Å²) in [5.74, 6) is 0.243. The van der Waals surface area contributed by atoms with Crippen LogP contribution in [0.1, 0.15) is 25.1 Å². The number of aromatic hydroxyl groups is 1. The van der Waals surface area contributed by atoms with Crippen LogP contribution in [0.2, 0.25) is 5.02 Å². The molecule has 0 aliphatic rings. The van der Waals surface area contributed by atoms with Crippen LogP contribution in [-0.2, 0) is 0 Å². The lowest BCUT2D eigenvalue weighted by Crippen LogP contribution is -1.97. The molecule has 0 fully saturated rings. The molecule has 20 heavy (non-hydrogen) atoms. The topological polar surface area (TPSA) is 81.8 Å². The third-order valence-corrected chi connectivity index (χ3v) is 2.67. The summed E-state index contributed by atoms with van der Waals surface area (Å²) >= 11 is 6.01. The molecule has 2 aromatic rings. The van der Waals surface area contributed by atoms with E-state index in [0.717, 1.165) is 0 Å². The van der Waals surface area contributed by atoms with Crippen molar-refractivity contribution in [1.82, 2.24) is 9.97 Å². The maximum atomic E-state index is 9.77. The predicted octanol–water partition coefficient (Wildman–Crippen LogP) is 3.79. The largest absolute Gasteiger partial charge is 0.503 e. The van der Waals surface area contributed by atoms with Crippen LogP contribution in [0.3, 0.4) is 0 Å². The van der Waals surface area contributed by atoms with E-state index in [2.05, 4.69) is 15.3 Å². The van der Waals surface area contributed by atoms with Gasteiger partial charge in [-0.1, -0.05) is 25.4 Å². The van der Waals surface area contributed by atoms with Gasteiger partial charge in [0.1, 0.15) is 6.33 Å². The number of aromatic nitrogens is 2. The molecule has 0 aliphatic heterocycles. The second kappa shape index (κ2) is 7.31. The van der Waals surface area contributed by atoms with Gasteiger partial charge < -0.3 is 10.4 Å². The van der Waals surface area contributed by atoms with Gasteiger partial charge in [0.15, 0.2) is 11.6 Å². The third-order valence-electron chi connectivity index (χ3n) is 2.36. The number of halogens is 1. The minimum absolute atomic E-state index is 0.0297. The quantitative estimate of drug-likeness (QED) is 0.879. The number of nitrogens with zero attached hydrogens (tertiary/aromatic N) is 3. The molecule has 0 saturated heterocycles. The van der Waals surface area contributed by atoms with Crippen molar-refractivity contribution in [1.29, 1.82) is 5.26 Å². The Morgan fingerprint density at radius 1 is 1.30 bits per heavy atom. The summed E-state index contributed by atoms with van der Waals surface area (Å²) in [7, 11) is 0. The molecule has 0 amide bonds. The van der Waals surface area contributed by atoms with Crippen LogP contribution in [0.15, 0.2) is 24.5 Å². The van der Waals surface area contributed by atoms with Crippen molar-refractivity contribution in [2.24, 2.45) is 0 Å². The zero-order valence-corrected chi connectivity index (χ0v) is 12.2. The van der Waals surface area contributed by atoms with Crippen LogP contribution in [0.5, 0.6) is 5.75 Å². The number of nitriles is 1. The molecular weight excluding hydrogens is 276 g/mol. The molecule has 2 N–H and O–H groups in total. The van der Waals surface area contributed by atoms with E-state index in [1.807, 2.05) is 19.9 Å². The number of benzene rings is 1. The molecule has 6 heteroatoms. The minimum atomic E-state index is -0.0297. The first-order chi connectivity index (χ1) is 9.61. The smallest absolute Gasteiger partial charge is 0.180 e. The maximum Gasteiger partial charge on any atom is 0.180 e. The third kappa shape index (κ3) is 3.59. The van der Waals surface area contributed by atoms with E-state index in [4.69, 9.17) is 16.9 Å². The summed E-state index contributed by atoms with van der Waals surface area (Å²) in [6.07, 6.45) is 1.34. The Kier molecular flexibility index (Phi) is 5.75. The molecule has 0 unspecified atom stereocenters. The van der Waals surface area contributed by atoms with Gasteiger partial charge in [0.05, 0.1) is 28.0 Å². The highest BCUT2D eigenvalue weighted by Crippen LogP contribution is 2.30. The first-order valence-corrected chi connectivity index (χ1v) is 6.47. The SMILES string of the molecule is CC.Cc1ncnc(Nc2ccc(C#N)cc2Cl)c1O. The van der Waals surface area contributed by atoms with Crippen LogP contribution in [0, 0.1) is 18.3 Å². The number of anilines is 2. The fourth-order valence-corrected chi connectivity index (χ4v) is 1.60. The van der Waals surface area contributed by atoms with Gasteiger partial charge in [0.2, 0.25) is 0 Å². The van der Waals surface area contributed by atoms with Crippen LogP contribution in [0.25, 0.3) is 0 Å². The summed E-state index contributed by atoms with van der Waals surface area (Å²) in [5, 5.41) is 21.8. The van der Waals surface area contributed by atoms with Crippen LogP contribution < -0.4 is 5.32 Å². The highest BCUT2D eigenvalue weighted by atomic mass is 35.5. The standard InChI is InChI=1S/C12H9ClN4O.C2H6/c1-7-11(18)12(16-6-15-7)17-10-3-2-8(5-14)4-9(10)13;1-2/h2-4,6,18H,1H3,(H,15,16,17);1-2H3. The van der Waals surface area contributed by atoms with Crippen molar-refractivity contribution in [2.75, 3.05) is 5.32 Å². The second-order valence-corrected chi connectivity index (χ2v) is 3.99. The first kappa shape index (κ1) is 15.7. The summed E-state index contributed by atoms with van der Waals surface area (Å²) in [4.78, 5) is 7.78. The minimum Gasteiger partial charge on any atom is -0.503 e. The molecule has 0 spiro atoms. The van der Waals surface area contributed by atoms with Crippen molar-refractivity contribution in [3.8, 4) is 11.8 Å². The van der Waals surface area contributed by atoms with E-state index in [1.54, 1.807) is 19.1 Å². The van der Waals surface area contributed by atoms with Crippen molar-refractivity contribution >= 4 is 23.1 Å². The molecule has 1 aromatic carbocycles. The fraction of sp³-hybridized carbons (Fsp3) is 0.214. The van der Waals surface area contributed by atoms with Crippen molar-refractivity contribution in [3.63, 3.8) is 0 Å². The number of hydrogen-bond donors (Lipinski definition) is 2. The average Bonchev–Trinajstić information content (AvgIpc) is 2.48. The summed E-state index contributed by atoms with van der Waals surface area (Å²) < 4.78 is 0. The summed E-state index contributed by atoms with van der Waals surface area (Å²) in [6, 6.07) is 6.80. The molecule has 104 valence electrons. The zero-order valence-electron chi connectivity index (χ0n) is 11.5. The van der Waals surface area contributed by atoms with E-state index in [-0.39, 0.29) is 11.6 Å². The van der Waals surface area contributed by atoms with Crippen molar-refractivity contribution in [3.05, 3.63) is 40.8 Å². The molecule has 1 aromatic heterocycles. The monoisotopic (exact) mass is 290 g/mol. The Balaban J connectivity index is 0.000000956. The Bertz CT molecular complexity index is 638. The van der Waals surface area contributed by atoms with Crippen LogP contribution in [0.4, 0.5) is 11.5 Å². The Hall–Kier alpha value is -2.32. The summed E-state index contributed by atoms with van der Waals surface area (Å²) in [6.45, 7) is 5.67. The van der Waals surface area contributed by atoms with E-state index < -0.39 is 0 Å². The van der Waals surface area contributed by atoms with Gasteiger partial charge in [-0.25, -0.2) is 9.97 Å². The molecule has 0 atom stereocenters. The normalized spacial score (nSPS) is 9.15. The Morgan fingerprint density at radius 3 is 2.60 bits per heavy atom. The molecule has 1 heterocycles. The van der Waals surface area contributed by atoms with Gasteiger partial charge in [0.25, 0.3) is 0 Å². The Morgan fingerprint density at radius 2 is 2.00 bits per heavy atom. The maximum absolute atomic E-state index is 9.77. The van der Waals surface area contributed by atoms with Gasteiger partial charge in [-0.15, -0.1) is 0 Å². The molecule has 0 radical (unpaired) electrons. The van der Waals surface area contributed by atoms with E-state index in [0.29, 0.717) is 22.0 Å². The molecule has 0 saturated carbocycles. The van der Waals surface area contributed by atoms with Gasteiger partial charge in [-0.05, 0) is 25.1 Å². The lowest BCUT2D eigenvalue weighted by Gasteiger charge is -2.09. The van der Waals surface area contributed by atoms with Gasteiger partial charge >= 0.3 is 0 Å². The van der Waals surface area contributed by atoms with E-state index in [9.17, 15) is 5.11 Å². The van der Waals surface area contributed by atoms with Crippen LogP contribution in [-0.4, -0.2) is 15.1 Å². The zero-order chi connectivity index (χ0) is 15.1. The number of rotatable bonds is 2. The average molecular weight is 291 g/mol. The van der Waals surface area contributed by atoms with E-state index in [1.165, 1.54) is 12.4 Å². The first-order valence-electron chi connectivity index (χ1n) is 6.09. The molecule has 0 aliphatic carbocycles. The highest BCUT2D eigenvalue weighted by molar-refractivity contribution is 6.33. The molecule has 0 bridgehead atoms. The molecule has 2 rings (SSSR count). The number of hydrogen-bond acceptors (Lipinski definition) is 5. The van der Waals surface area contributed by atoms with Crippen molar-refractivity contribution in [2.45, 2.75) is 20.8 Å². The second-order valence-electron chi connectivity index (χ2n) is 3.59. The number of aryl methyl sites for hydroxylation is 1. The van der Waals surface area contributed by atoms with Crippen LogP contribution >= 0.6 is 11.6 Å². The van der Waals surface area contributed by atoms with Gasteiger partial charge in [-0.2, -0.15) is 5.26 Å². The Labute approximate surface area is 122 Å². The fourth-order valence-electron chi connectivity index (χ4n) is 1.37. The molecular formula is C14H15ClN4O. The molecule has 5 nitrogen and oxygen atoms in total. The lowest BCUT2D eigenvalue weighted by atomic mass is 10.2. The predicted molar refractivity (Wildman–Crippen MR) is 79.2 cm³/mol.